The highest BCUT2D eigenvalue weighted by Gasteiger charge is 2.38. The molecule has 3 aromatic carbocycles. The second-order valence-corrected chi connectivity index (χ2v) is 9.20. The zero-order chi connectivity index (χ0) is 29.2. The first kappa shape index (κ1) is 28.8. The molecule has 210 valence electrons. The van der Waals surface area contributed by atoms with Gasteiger partial charge in [-0.1, -0.05) is 66.7 Å². The van der Waals surface area contributed by atoms with Crippen LogP contribution in [0, 0.1) is 10.1 Å². The molecule has 0 amide bonds. The maximum Gasteiger partial charge on any atom is 0.337 e. The van der Waals surface area contributed by atoms with Crippen LogP contribution in [0.3, 0.4) is 0 Å². The Kier molecular flexibility index (Phi) is 9.66. The maximum absolute atomic E-state index is 13.4. The molecule has 9 heteroatoms. The van der Waals surface area contributed by atoms with Gasteiger partial charge in [-0.25, -0.2) is 9.59 Å². The molecule has 41 heavy (non-hydrogen) atoms. The van der Waals surface area contributed by atoms with Crippen LogP contribution in [0.2, 0.25) is 0 Å². The largest absolute Gasteiger partial charge is 0.490 e. The molecule has 0 aromatic heterocycles. The lowest BCUT2D eigenvalue weighted by Gasteiger charge is -2.30. The molecule has 0 fully saturated rings. The van der Waals surface area contributed by atoms with Crippen molar-refractivity contribution in [2.45, 2.75) is 19.8 Å². The van der Waals surface area contributed by atoms with Crippen molar-refractivity contribution in [3.8, 4) is 5.75 Å². The Bertz CT molecular complexity index is 1490. The van der Waals surface area contributed by atoms with Crippen molar-refractivity contribution >= 4 is 23.7 Å². The summed E-state index contributed by atoms with van der Waals surface area (Å²) in [4.78, 5) is 37.9. The van der Waals surface area contributed by atoms with Crippen LogP contribution >= 0.6 is 0 Å². The predicted octanol–water partition coefficient (Wildman–Crippen LogP) is 5.71. The number of carbonyl (C=O) groups excluding carboxylic acids is 2. The summed E-state index contributed by atoms with van der Waals surface area (Å²) >= 11 is 0. The van der Waals surface area contributed by atoms with Crippen molar-refractivity contribution in [1.29, 1.82) is 0 Å². The number of hydrogen-bond donors (Lipinski definition) is 1. The Morgan fingerprint density at radius 3 is 2.15 bits per heavy atom. The minimum atomic E-state index is -0.954. The summed E-state index contributed by atoms with van der Waals surface area (Å²) in [6, 6.07) is 24.5. The molecule has 1 N–H and O–H groups in total. The first-order valence-electron chi connectivity index (χ1n) is 13.0. The van der Waals surface area contributed by atoms with Crippen LogP contribution in [0.15, 0.2) is 114 Å². The Labute approximate surface area is 237 Å². The van der Waals surface area contributed by atoms with Crippen LogP contribution in [0.25, 0.3) is 6.08 Å². The number of nitro benzene ring substituents is 1. The summed E-state index contributed by atoms with van der Waals surface area (Å²) in [5.74, 6) is -1.65. The van der Waals surface area contributed by atoms with Crippen molar-refractivity contribution < 1.29 is 28.7 Å². The molecule has 1 aliphatic rings. The highest BCUT2D eigenvalue weighted by Crippen LogP contribution is 2.40. The van der Waals surface area contributed by atoms with Gasteiger partial charge in [-0.2, -0.15) is 0 Å². The number of para-hydroxylation sites is 1. The van der Waals surface area contributed by atoms with E-state index in [9.17, 15) is 19.7 Å². The summed E-state index contributed by atoms with van der Waals surface area (Å²) < 4.78 is 16.7. The van der Waals surface area contributed by atoms with Gasteiger partial charge in [-0.15, -0.1) is 0 Å². The monoisotopic (exact) mass is 554 g/mol. The number of nitro groups is 1. The van der Waals surface area contributed by atoms with E-state index in [0.29, 0.717) is 22.7 Å². The minimum Gasteiger partial charge on any atom is -0.490 e. The summed E-state index contributed by atoms with van der Waals surface area (Å²) in [7, 11) is 0. The average Bonchev–Trinajstić information content (AvgIpc) is 2.98. The normalized spacial score (nSPS) is 14.9. The molecule has 1 heterocycles. The third kappa shape index (κ3) is 7.48. The number of rotatable bonds is 11. The number of hydrogen-bond acceptors (Lipinski definition) is 8. The quantitative estimate of drug-likeness (QED) is 0.139. The molecule has 0 saturated carbocycles. The number of dihydropyridines is 1. The van der Waals surface area contributed by atoms with E-state index >= 15 is 0 Å². The van der Waals surface area contributed by atoms with Crippen molar-refractivity contribution in [2.24, 2.45) is 0 Å². The number of benzene rings is 3. The van der Waals surface area contributed by atoms with Gasteiger partial charge in [0.05, 0.1) is 22.0 Å². The summed E-state index contributed by atoms with van der Waals surface area (Å²) in [5.41, 5.74) is 2.43. The number of nitrogens with zero attached hydrogens (tertiary/aromatic N) is 1. The Balaban J connectivity index is 1.56. The van der Waals surface area contributed by atoms with Gasteiger partial charge in [0.2, 0.25) is 0 Å². The van der Waals surface area contributed by atoms with Gasteiger partial charge in [0, 0.05) is 23.5 Å². The van der Waals surface area contributed by atoms with Gasteiger partial charge in [-0.3, -0.25) is 10.1 Å². The van der Waals surface area contributed by atoms with Crippen molar-refractivity contribution in [1.82, 2.24) is 5.32 Å². The molecule has 4 rings (SSSR count). The number of nitrogens with one attached hydrogen (secondary N) is 1. The van der Waals surface area contributed by atoms with Crippen LogP contribution in [-0.4, -0.2) is 36.7 Å². The summed E-state index contributed by atoms with van der Waals surface area (Å²) in [5, 5.41) is 14.6. The molecule has 0 radical (unpaired) electrons. The Morgan fingerprint density at radius 1 is 0.854 bits per heavy atom. The Hall–Kier alpha value is -5.18. The van der Waals surface area contributed by atoms with Gasteiger partial charge in [0.25, 0.3) is 5.69 Å². The number of allylic oxidation sites excluding steroid dienone is 2. The van der Waals surface area contributed by atoms with Gasteiger partial charge >= 0.3 is 11.9 Å². The van der Waals surface area contributed by atoms with Crippen LogP contribution in [-0.2, 0) is 19.1 Å². The van der Waals surface area contributed by atoms with E-state index < -0.39 is 22.8 Å². The van der Waals surface area contributed by atoms with E-state index in [-0.39, 0.29) is 36.7 Å². The van der Waals surface area contributed by atoms with Gasteiger partial charge < -0.3 is 19.5 Å². The smallest absolute Gasteiger partial charge is 0.337 e. The van der Waals surface area contributed by atoms with Crippen LogP contribution in [0.1, 0.15) is 30.9 Å². The highest BCUT2D eigenvalue weighted by atomic mass is 16.6. The maximum atomic E-state index is 13.4. The molecule has 0 spiro atoms. The third-order valence-corrected chi connectivity index (χ3v) is 6.36. The van der Waals surface area contributed by atoms with Gasteiger partial charge in [0.15, 0.2) is 0 Å². The highest BCUT2D eigenvalue weighted by molar-refractivity contribution is 6.00. The first-order chi connectivity index (χ1) is 19.8. The first-order valence-corrected chi connectivity index (χ1v) is 13.0. The number of esters is 2. The predicted molar refractivity (Wildman–Crippen MR) is 154 cm³/mol. The SMILES string of the molecule is CC1=C(C(=O)OC/C=C/c2ccccc2)C(c2cccc([N+](=O)[O-])c2)C(C(=O)OCCOc2ccccc2)=C(C)N1. The molecular weight excluding hydrogens is 524 g/mol. The zero-order valence-electron chi connectivity index (χ0n) is 22.7. The van der Waals surface area contributed by atoms with Crippen molar-refractivity contribution in [3.05, 3.63) is 135 Å². The van der Waals surface area contributed by atoms with Crippen LogP contribution < -0.4 is 10.1 Å². The van der Waals surface area contributed by atoms with Crippen LogP contribution in [0.4, 0.5) is 5.69 Å². The second kappa shape index (κ2) is 13.7. The lowest BCUT2D eigenvalue weighted by atomic mass is 9.80. The fourth-order valence-electron chi connectivity index (χ4n) is 4.52. The molecular formula is C32H30N2O7. The van der Waals surface area contributed by atoms with Crippen molar-refractivity contribution in [2.75, 3.05) is 19.8 Å². The standard InChI is InChI=1S/C32H30N2O7/c1-22-28(31(35)40-18-10-13-24-11-5-3-6-12-24)30(25-14-9-15-26(21-25)34(37)38)29(23(2)33-22)32(36)41-20-19-39-27-16-7-4-8-17-27/h3-17,21,30,33H,18-20H2,1-2H3/b13-10+. The molecule has 1 atom stereocenters. The fraction of sp³-hybridized carbons (Fsp3) is 0.188. The van der Waals surface area contributed by atoms with E-state index in [1.807, 2.05) is 54.6 Å². The van der Waals surface area contributed by atoms with Gasteiger partial charge in [0.1, 0.15) is 25.6 Å². The lowest BCUT2D eigenvalue weighted by Crippen LogP contribution is -2.33. The number of non-ortho nitro benzene ring substituents is 1. The number of ether oxygens (including phenoxy) is 3. The van der Waals surface area contributed by atoms with E-state index in [1.54, 1.807) is 38.1 Å². The zero-order valence-corrected chi connectivity index (χ0v) is 22.7. The third-order valence-electron chi connectivity index (χ3n) is 6.36. The van der Waals surface area contributed by atoms with E-state index in [1.165, 1.54) is 18.2 Å². The Morgan fingerprint density at radius 2 is 1.49 bits per heavy atom. The average molecular weight is 555 g/mol. The molecule has 1 aliphatic heterocycles. The molecule has 9 nitrogen and oxygen atoms in total. The van der Waals surface area contributed by atoms with E-state index in [2.05, 4.69) is 5.32 Å². The molecule has 3 aromatic rings. The molecule has 0 saturated heterocycles. The van der Waals surface area contributed by atoms with E-state index in [4.69, 9.17) is 14.2 Å². The topological polar surface area (TPSA) is 117 Å². The molecule has 0 bridgehead atoms. The lowest BCUT2D eigenvalue weighted by molar-refractivity contribution is -0.384. The fourth-order valence-corrected chi connectivity index (χ4v) is 4.52. The summed E-state index contributed by atoms with van der Waals surface area (Å²) in [6.07, 6.45) is 3.54. The van der Waals surface area contributed by atoms with E-state index in [0.717, 1.165) is 5.56 Å². The molecule has 1 unspecified atom stereocenters. The second-order valence-electron chi connectivity index (χ2n) is 9.20. The van der Waals surface area contributed by atoms with Crippen LogP contribution in [0.5, 0.6) is 5.75 Å². The van der Waals surface area contributed by atoms with Crippen molar-refractivity contribution in [3.63, 3.8) is 0 Å². The summed E-state index contributed by atoms with van der Waals surface area (Å²) in [6.45, 7) is 3.45. The minimum absolute atomic E-state index is 0.00847. The molecule has 0 aliphatic carbocycles. The number of carbonyl (C=O) groups is 2. The van der Waals surface area contributed by atoms with Gasteiger partial charge in [-0.05, 0) is 43.2 Å².